The molecule has 1 saturated carbocycles. The van der Waals surface area contributed by atoms with Crippen molar-refractivity contribution in [3.8, 4) is 0 Å². The van der Waals surface area contributed by atoms with Gasteiger partial charge in [0.05, 0.1) is 5.60 Å². The summed E-state index contributed by atoms with van der Waals surface area (Å²) in [5.41, 5.74) is 0.760. The molecule has 136 valence electrons. The first kappa shape index (κ1) is 17.6. The predicted molar refractivity (Wildman–Crippen MR) is 103 cm³/mol. The second-order valence-electron chi connectivity index (χ2n) is 7.51. The molecule has 3 nitrogen and oxygen atoms in total. The van der Waals surface area contributed by atoms with Gasteiger partial charge in [0.2, 0.25) is 0 Å². The third-order valence-corrected chi connectivity index (χ3v) is 6.32. The fraction of sp³-hybridized carbons (Fsp3) is 0.409. The minimum atomic E-state index is -0.850. The molecule has 26 heavy (non-hydrogen) atoms. The SMILES string of the molecule is O=C(c1cccc(Cl)c1)N1CCC(O)(c2ccccc2)[C@H]2CCCC[C@@H]21. The second-order valence-corrected chi connectivity index (χ2v) is 7.94. The zero-order valence-corrected chi connectivity index (χ0v) is 15.5. The summed E-state index contributed by atoms with van der Waals surface area (Å²) >= 11 is 6.08. The van der Waals surface area contributed by atoms with Crippen LogP contribution in [0.1, 0.15) is 48.0 Å². The predicted octanol–water partition coefficient (Wildman–Crippen LogP) is 4.63. The van der Waals surface area contributed by atoms with Crippen LogP contribution in [-0.2, 0) is 5.60 Å². The van der Waals surface area contributed by atoms with Crippen LogP contribution in [0.15, 0.2) is 54.6 Å². The molecule has 1 aliphatic carbocycles. The first-order chi connectivity index (χ1) is 12.6. The highest BCUT2D eigenvalue weighted by Gasteiger charge is 2.50. The molecular formula is C22H24ClNO2. The Morgan fingerprint density at radius 2 is 1.85 bits per heavy atom. The van der Waals surface area contributed by atoms with Crippen LogP contribution in [0.2, 0.25) is 5.02 Å². The molecule has 1 heterocycles. The number of halogens is 1. The summed E-state index contributed by atoms with van der Waals surface area (Å²) in [6.07, 6.45) is 4.69. The standard InChI is InChI=1S/C22H24ClNO2/c23-18-10-6-7-16(15-18)21(25)24-14-13-22(26,17-8-2-1-3-9-17)19-11-4-5-12-20(19)24/h1-3,6-10,15,19-20,26H,4-5,11-14H2/t19-,20-,22?/m0/s1. The van der Waals surface area contributed by atoms with Gasteiger partial charge in [-0.25, -0.2) is 0 Å². The molecule has 2 aromatic rings. The monoisotopic (exact) mass is 369 g/mol. The van der Waals surface area contributed by atoms with Crippen LogP contribution in [0, 0.1) is 5.92 Å². The Bertz CT molecular complexity index is 794. The fourth-order valence-corrected chi connectivity index (χ4v) is 5.00. The molecule has 4 rings (SSSR count). The maximum Gasteiger partial charge on any atom is 0.254 e. The van der Waals surface area contributed by atoms with Gasteiger partial charge in [0, 0.05) is 29.1 Å². The minimum absolute atomic E-state index is 0.0273. The summed E-state index contributed by atoms with van der Waals surface area (Å²) in [4.78, 5) is 15.1. The van der Waals surface area contributed by atoms with Gasteiger partial charge in [0.25, 0.3) is 5.91 Å². The Kier molecular flexibility index (Phi) is 4.76. The Hall–Kier alpha value is -1.84. The van der Waals surface area contributed by atoms with E-state index >= 15 is 0 Å². The number of rotatable bonds is 2. The number of carbonyl (C=O) groups excluding carboxylic acids is 1. The summed E-state index contributed by atoms with van der Waals surface area (Å²) in [6, 6.07) is 17.2. The molecule has 4 heteroatoms. The van der Waals surface area contributed by atoms with Crippen molar-refractivity contribution in [3.63, 3.8) is 0 Å². The molecule has 1 saturated heterocycles. The van der Waals surface area contributed by atoms with Crippen LogP contribution < -0.4 is 0 Å². The molecule has 1 amide bonds. The largest absolute Gasteiger partial charge is 0.385 e. The second kappa shape index (κ2) is 7.05. The lowest BCUT2D eigenvalue weighted by molar-refractivity contribution is -0.110. The highest BCUT2D eigenvalue weighted by molar-refractivity contribution is 6.30. The number of benzene rings is 2. The van der Waals surface area contributed by atoms with Crippen molar-refractivity contribution in [2.24, 2.45) is 5.92 Å². The van der Waals surface area contributed by atoms with Crippen molar-refractivity contribution in [2.45, 2.75) is 43.7 Å². The molecule has 2 aliphatic rings. The van der Waals surface area contributed by atoms with Crippen molar-refractivity contribution >= 4 is 17.5 Å². The first-order valence-electron chi connectivity index (χ1n) is 9.44. The first-order valence-corrected chi connectivity index (χ1v) is 9.82. The number of amides is 1. The average Bonchev–Trinajstić information content (AvgIpc) is 2.69. The third-order valence-electron chi connectivity index (χ3n) is 6.08. The highest BCUT2D eigenvalue weighted by Crippen LogP contribution is 2.47. The molecular weight excluding hydrogens is 346 g/mol. The molecule has 2 fully saturated rings. The number of fused-ring (bicyclic) bond motifs is 1. The normalized spacial score (nSPS) is 28.5. The van der Waals surface area contributed by atoms with E-state index in [4.69, 9.17) is 11.6 Å². The Balaban J connectivity index is 1.66. The minimum Gasteiger partial charge on any atom is -0.385 e. The number of hydrogen-bond donors (Lipinski definition) is 1. The van der Waals surface area contributed by atoms with Crippen molar-refractivity contribution in [3.05, 3.63) is 70.7 Å². The van der Waals surface area contributed by atoms with Gasteiger partial charge in [-0.1, -0.05) is 60.8 Å². The topological polar surface area (TPSA) is 40.5 Å². The molecule has 3 atom stereocenters. The van der Waals surface area contributed by atoms with Crippen LogP contribution in [0.4, 0.5) is 0 Å². The lowest BCUT2D eigenvalue weighted by Crippen LogP contribution is -2.58. The van der Waals surface area contributed by atoms with E-state index in [-0.39, 0.29) is 17.9 Å². The van der Waals surface area contributed by atoms with Gasteiger partial charge in [0.15, 0.2) is 0 Å². The van der Waals surface area contributed by atoms with Crippen LogP contribution in [0.25, 0.3) is 0 Å². The molecule has 0 spiro atoms. The van der Waals surface area contributed by atoms with E-state index in [0.717, 1.165) is 31.2 Å². The lowest BCUT2D eigenvalue weighted by Gasteiger charge is -2.52. The summed E-state index contributed by atoms with van der Waals surface area (Å²) < 4.78 is 0. The smallest absolute Gasteiger partial charge is 0.254 e. The Labute approximate surface area is 159 Å². The number of aliphatic hydroxyl groups is 1. The van der Waals surface area contributed by atoms with E-state index in [1.165, 1.54) is 0 Å². The van der Waals surface area contributed by atoms with Crippen molar-refractivity contribution in [1.29, 1.82) is 0 Å². The summed E-state index contributed by atoms with van der Waals surface area (Å²) in [5, 5.41) is 12.2. The van der Waals surface area contributed by atoms with Gasteiger partial charge in [0.1, 0.15) is 0 Å². The van der Waals surface area contributed by atoms with E-state index in [2.05, 4.69) is 0 Å². The molecule has 2 aromatic carbocycles. The summed E-state index contributed by atoms with van der Waals surface area (Å²) in [6.45, 7) is 0.567. The molecule has 1 aliphatic heterocycles. The van der Waals surface area contributed by atoms with Gasteiger partial charge >= 0.3 is 0 Å². The molecule has 0 aromatic heterocycles. The highest BCUT2D eigenvalue weighted by atomic mass is 35.5. The molecule has 1 unspecified atom stereocenters. The maximum atomic E-state index is 13.1. The fourth-order valence-electron chi connectivity index (χ4n) is 4.81. The molecule has 0 radical (unpaired) electrons. The van der Waals surface area contributed by atoms with E-state index < -0.39 is 5.60 Å². The molecule has 1 N–H and O–H groups in total. The van der Waals surface area contributed by atoms with E-state index in [1.54, 1.807) is 12.1 Å². The number of hydrogen-bond acceptors (Lipinski definition) is 2. The molecule has 0 bridgehead atoms. The zero-order chi connectivity index (χ0) is 18.1. The summed E-state index contributed by atoms with van der Waals surface area (Å²) in [5.74, 6) is 0.107. The maximum absolute atomic E-state index is 13.1. The van der Waals surface area contributed by atoms with Gasteiger partial charge in [-0.05, 0) is 43.0 Å². The van der Waals surface area contributed by atoms with Gasteiger partial charge in [-0.2, -0.15) is 0 Å². The van der Waals surface area contributed by atoms with Crippen LogP contribution in [0.5, 0.6) is 0 Å². The van der Waals surface area contributed by atoms with Crippen LogP contribution in [-0.4, -0.2) is 28.5 Å². The third kappa shape index (κ3) is 3.04. The van der Waals surface area contributed by atoms with Crippen LogP contribution in [0.3, 0.4) is 0 Å². The number of likely N-dealkylation sites (tertiary alicyclic amines) is 1. The quantitative estimate of drug-likeness (QED) is 0.838. The Morgan fingerprint density at radius 1 is 1.08 bits per heavy atom. The average molecular weight is 370 g/mol. The number of piperidine rings is 1. The lowest BCUT2D eigenvalue weighted by atomic mass is 9.66. The van der Waals surface area contributed by atoms with E-state index in [9.17, 15) is 9.90 Å². The number of nitrogens with zero attached hydrogens (tertiary/aromatic N) is 1. The summed E-state index contributed by atoms with van der Waals surface area (Å²) in [7, 11) is 0. The zero-order valence-electron chi connectivity index (χ0n) is 14.8. The van der Waals surface area contributed by atoms with Crippen molar-refractivity contribution < 1.29 is 9.90 Å². The van der Waals surface area contributed by atoms with E-state index in [0.29, 0.717) is 23.6 Å². The number of carbonyl (C=O) groups is 1. The van der Waals surface area contributed by atoms with Crippen molar-refractivity contribution in [1.82, 2.24) is 4.90 Å². The van der Waals surface area contributed by atoms with E-state index in [1.807, 2.05) is 47.4 Å². The van der Waals surface area contributed by atoms with Gasteiger partial charge in [-0.15, -0.1) is 0 Å². The van der Waals surface area contributed by atoms with Gasteiger partial charge in [-0.3, -0.25) is 4.79 Å². The van der Waals surface area contributed by atoms with Gasteiger partial charge < -0.3 is 10.0 Å². The van der Waals surface area contributed by atoms with Crippen LogP contribution >= 0.6 is 11.6 Å². The Morgan fingerprint density at radius 3 is 2.62 bits per heavy atom. The van der Waals surface area contributed by atoms with Crippen molar-refractivity contribution in [2.75, 3.05) is 6.54 Å².